The van der Waals surface area contributed by atoms with Gasteiger partial charge in [-0.25, -0.2) is 0 Å². The Hall–Kier alpha value is -4.20. The van der Waals surface area contributed by atoms with E-state index >= 15 is 0 Å². The number of benzene rings is 1. The van der Waals surface area contributed by atoms with Gasteiger partial charge in [0.25, 0.3) is 11.8 Å². The molecule has 252 valence electrons. The number of carboxylic acids is 1. The Bertz CT molecular complexity index is 1290. The van der Waals surface area contributed by atoms with Crippen LogP contribution in [0.15, 0.2) is 36.4 Å². The van der Waals surface area contributed by atoms with Crippen molar-refractivity contribution in [3.63, 3.8) is 0 Å². The minimum absolute atomic E-state index is 0.0300. The summed E-state index contributed by atoms with van der Waals surface area (Å²) >= 11 is 4.16. The number of carbonyl (C=O) groups is 7. The number of carboxylic acid groups (broad SMARTS) is 1. The van der Waals surface area contributed by atoms with Gasteiger partial charge in [-0.15, -0.1) is 0 Å². The second-order valence-electron chi connectivity index (χ2n) is 12.1. The van der Waals surface area contributed by atoms with Crippen molar-refractivity contribution in [3.8, 4) is 0 Å². The van der Waals surface area contributed by atoms with Crippen LogP contribution >= 0.6 is 12.6 Å². The Labute approximate surface area is 274 Å². The van der Waals surface area contributed by atoms with Gasteiger partial charge in [0, 0.05) is 43.0 Å². The SMILES string of the molecule is CC(C)[C@H](NC(=O)CCCCCN1C(=O)C=CC1=O)C(=O)N[C@@H](CCC(=O)O)C(=O)Nc1ccc(COC(=O)C(C)(C)CS)cc1. The fourth-order valence-corrected chi connectivity index (χ4v) is 4.41. The summed E-state index contributed by atoms with van der Waals surface area (Å²) in [6.07, 6.45) is 3.58. The van der Waals surface area contributed by atoms with Crippen LogP contribution in [0, 0.1) is 11.3 Å². The second kappa shape index (κ2) is 18.1. The van der Waals surface area contributed by atoms with E-state index in [9.17, 15) is 38.7 Å². The van der Waals surface area contributed by atoms with Crippen molar-refractivity contribution in [2.45, 2.75) is 84.9 Å². The molecule has 0 unspecified atom stereocenters. The molecule has 46 heavy (non-hydrogen) atoms. The molecule has 13 nitrogen and oxygen atoms in total. The van der Waals surface area contributed by atoms with Crippen LogP contribution in [-0.2, 0) is 44.9 Å². The number of ether oxygens (including phenoxy) is 1. The molecule has 1 heterocycles. The number of aliphatic carboxylic acids is 1. The summed E-state index contributed by atoms with van der Waals surface area (Å²) in [4.78, 5) is 86.8. The van der Waals surface area contributed by atoms with Gasteiger partial charge in [0.2, 0.25) is 17.7 Å². The topological polar surface area (TPSA) is 188 Å². The van der Waals surface area contributed by atoms with E-state index < -0.39 is 41.3 Å². The predicted molar refractivity (Wildman–Crippen MR) is 172 cm³/mol. The van der Waals surface area contributed by atoms with Crippen molar-refractivity contribution in [1.29, 1.82) is 0 Å². The molecule has 5 amide bonds. The summed E-state index contributed by atoms with van der Waals surface area (Å²) in [7, 11) is 0. The molecule has 0 saturated heterocycles. The fourth-order valence-electron chi connectivity index (χ4n) is 4.28. The van der Waals surface area contributed by atoms with Crippen LogP contribution in [0.5, 0.6) is 0 Å². The second-order valence-corrected chi connectivity index (χ2v) is 12.4. The van der Waals surface area contributed by atoms with Crippen molar-refractivity contribution in [2.24, 2.45) is 11.3 Å². The summed E-state index contributed by atoms with van der Waals surface area (Å²) < 4.78 is 5.33. The van der Waals surface area contributed by atoms with E-state index in [0.717, 1.165) is 4.90 Å². The molecule has 0 radical (unpaired) electrons. The minimum Gasteiger partial charge on any atom is -0.481 e. The fraction of sp³-hybridized carbons (Fsp3) is 0.531. The number of anilines is 1. The zero-order chi connectivity index (χ0) is 34.4. The van der Waals surface area contributed by atoms with Crippen LogP contribution in [0.3, 0.4) is 0 Å². The van der Waals surface area contributed by atoms with Crippen molar-refractivity contribution >= 4 is 59.8 Å². The van der Waals surface area contributed by atoms with Gasteiger partial charge in [-0.2, -0.15) is 12.6 Å². The Morgan fingerprint density at radius 1 is 0.913 bits per heavy atom. The molecule has 4 N–H and O–H groups in total. The van der Waals surface area contributed by atoms with Gasteiger partial charge in [-0.1, -0.05) is 32.4 Å². The van der Waals surface area contributed by atoms with Crippen LogP contribution < -0.4 is 16.0 Å². The zero-order valence-corrected chi connectivity index (χ0v) is 27.6. The van der Waals surface area contributed by atoms with E-state index in [2.05, 4.69) is 28.6 Å². The Morgan fingerprint density at radius 3 is 2.11 bits per heavy atom. The van der Waals surface area contributed by atoms with E-state index in [-0.39, 0.29) is 56.1 Å². The molecule has 0 spiro atoms. The maximum Gasteiger partial charge on any atom is 0.312 e. The van der Waals surface area contributed by atoms with Crippen LogP contribution in [0.2, 0.25) is 0 Å². The van der Waals surface area contributed by atoms with Crippen LogP contribution in [0.4, 0.5) is 5.69 Å². The van der Waals surface area contributed by atoms with Crippen molar-refractivity contribution < 1.29 is 43.4 Å². The third kappa shape index (κ3) is 12.3. The summed E-state index contributed by atoms with van der Waals surface area (Å²) in [5, 5.41) is 17.2. The molecule has 1 aromatic carbocycles. The lowest BCUT2D eigenvalue weighted by Crippen LogP contribution is -2.54. The summed E-state index contributed by atoms with van der Waals surface area (Å²) in [6, 6.07) is 4.33. The number of hydrogen-bond donors (Lipinski definition) is 5. The summed E-state index contributed by atoms with van der Waals surface area (Å²) in [6.45, 7) is 7.21. The molecule has 1 aromatic rings. The van der Waals surface area contributed by atoms with Crippen LogP contribution in [-0.4, -0.2) is 75.9 Å². The Balaban J connectivity index is 1.93. The quantitative estimate of drug-likeness (QED) is 0.0643. The number of imide groups is 1. The number of rotatable bonds is 19. The molecule has 0 aliphatic carbocycles. The highest BCUT2D eigenvalue weighted by Crippen LogP contribution is 2.20. The molecule has 14 heteroatoms. The average Bonchev–Trinajstić information content (AvgIpc) is 3.32. The van der Waals surface area contributed by atoms with Gasteiger partial charge in [0.15, 0.2) is 0 Å². The monoisotopic (exact) mass is 660 g/mol. The number of esters is 1. The van der Waals surface area contributed by atoms with E-state index in [1.165, 1.54) is 12.2 Å². The number of hydrogen-bond acceptors (Lipinski definition) is 9. The molecular weight excluding hydrogens is 616 g/mol. The number of thiol groups is 1. The van der Waals surface area contributed by atoms with E-state index in [1.807, 2.05) is 0 Å². The van der Waals surface area contributed by atoms with Gasteiger partial charge < -0.3 is 25.8 Å². The third-order valence-corrected chi connectivity index (χ3v) is 8.06. The van der Waals surface area contributed by atoms with Gasteiger partial charge >= 0.3 is 11.9 Å². The lowest BCUT2D eigenvalue weighted by molar-refractivity contribution is -0.154. The highest BCUT2D eigenvalue weighted by Gasteiger charge is 2.30. The van der Waals surface area contributed by atoms with Crippen LogP contribution in [0.1, 0.15) is 71.8 Å². The highest BCUT2D eigenvalue weighted by atomic mass is 32.1. The lowest BCUT2D eigenvalue weighted by atomic mass is 9.97. The number of nitrogens with one attached hydrogen (secondary N) is 3. The standard InChI is InChI=1S/C32H44N4O9S/c1-20(2)28(35-24(37)8-6-5-7-17-36-25(38)14-15-26(36)39)30(43)34-23(13-16-27(40)41)29(42)33-22-11-9-21(10-12-22)18-45-31(44)32(3,4)19-46/h9-12,14-15,20,23,28,46H,5-8,13,16-19H2,1-4H3,(H,33,42)(H,34,43)(H,35,37)(H,40,41)/t23-,28-/m0/s1. The van der Waals surface area contributed by atoms with Gasteiger partial charge in [-0.3, -0.25) is 38.5 Å². The van der Waals surface area contributed by atoms with Gasteiger partial charge in [0.1, 0.15) is 18.7 Å². The smallest absolute Gasteiger partial charge is 0.312 e. The maximum absolute atomic E-state index is 13.2. The molecule has 2 atom stereocenters. The lowest BCUT2D eigenvalue weighted by Gasteiger charge is -2.25. The Kier molecular flexibility index (Phi) is 14.9. The zero-order valence-electron chi connectivity index (χ0n) is 26.7. The molecular formula is C32H44N4O9S. The van der Waals surface area contributed by atoms with Gasteiger partial charge in [0.05, 0.1) is 5.41 Å². The largest absolute Gasteiger partial charge is 0.481 e. The molecule has 1 aliphatic heterocycles. The molecule has 2 rings (SSSR count). The van der Waals surface area contributed by atoms with Crippen LogP contribution in [0.25, 0.3) is 0 Å². The number of nitrogens with zero attached hydrogens (tertiary/aromatic N) is 1. The van der Waals surface area contributed by atoms with E-state index in [4.69, 9.17) is 4.74 Å². The van der Waals surface area contributed by atoms with Gasteiger partial charge in [-0.05, 0) is 56.7 Å². The molecule has 1 aliphatic rings. The predicted octanol–water partition coefficient (Wildman–Crippen LogP) is 2.60. The number of amides is 5. The number of unbranched alkanes of at least 4 members (excludes halogenated alkanes) is 2. The molecule has 0 aromatic heterocycles. The first-order chi connectivity index (χ1) is 21.6. The first-order valence-corrected chi connectivity index (χ1v) is 15.8. The first-order valence-electron chi connectivity index (χ1n) is 15.2. The normalized spacial score (nSPS) is 14.2. The molecule has 0 bridgehead atoms. The molecule has 0 fully saturated rings. The number of carbonyl (C=O) groups excluding carboxylic acids is 6. The highest BCUT2D eigenvalue weighted by molar-refractivity contribution is 7.80. The van der Waals surface area contributed by atoms with E-state index in [1.54, 1.807) is 52.0 Å². The van der Waals surface area contributed by atoms with Crippen molar-refractivity contribution in [1.82, 2.24) is 15.5 Å². The maximum atomic E-state index is 13.2. The molecule has 0 saturated carbocycles. The first kappa shape index (κ1) is 38.0. The minimum atomic E-state index is -1.20. The summed E-state index contributed by atoms with van der Waals surface area (Å²) in [5.41, 5.74) is 0.331. The summed E-state index contributed by atoms with van der Waals surface area (Å²) in [5.74, 6) is -3.91. The third-order valence-electron chi connectivity index (χ3n) is 7.27. The van der Waals surface area contributed by atoms with Crippen molar-refractivity contribution in [3.05, 3.63) is 42.0 Å². The van der Waals surface area contributed by atoms with E-state index in [0.29, 0.717) is 36.3 Å². The van der Waals surface area contributed by atoms with Crippen molar-refractivity contribution in [2.75, 3.05) is 17.6 Å². The Morgan fingerprint density at radius 2 is 1.54 bits per heavy atom. The average molecular weight is 661 g/mol.